The minimum absolute atomic E-state index is 0.314. The quantitative estimate of drug-likeness (QED) is 0.684. The number of aliphatic hydroxyl groups excluding tert-OH is 1. The Balaban J connectivity index is 3.75. The fourth-order valence-electron chi connectivity index (χ4n) is 1.80. The van der Waals surface area contributed by atoms with E-state index in [4.69, 9.17) is 5.11 Å². The maximum atomic E-state index is 8.98. The van der Waals surface area contributed by atoms with Crippen molar-refractivity contribution in [1.29, 1.82) is 0 Å². The van der Waals surface area contributed by atoms with Crippen LogP contribution in [-0.2, 0) is 0 Å². The zero-order chi connectivity index (χ0) is 11.9. The highest BCUT2D eigenvalue weighted by atomic mass is 16.3. The maximum Gasteiger partial charge on any atom is 0.0434 e. The number of hydrogen-bond acceptors (Lipinski definition) is 2. The molecule has 2 heteroatoms. The van der Waals surface area contributed by atoms with Gasteiger partial charge in [-0.3, -0.25) is 0 Å². The number of rotatable bonds is 7. The van der Waals surface area contributed by atoms with Crippen molar-refractivity contribution < 1.29 is 5.11 Å². The van der Waals surface area contributed by atoms with Gasteiger partial charge in [0.1, 0.15) is 0 Å². The standard InChI is InChI=1S/C13H29NO/c1-11(2)8-12(6-7-15)9-14-10-13(3,4)5/h11-12,14-15H,6-10H2,1-5H3. The van der Waals surface area contributed by atoms with Crippen molar-refractivity contribution in [2.75, 3.05) is 19.7 Å². The molecule has 1 unspecified atom stereocenters. The van der Waals surface area contributed by atoms with Gasteiger partial charge >= 0.3 is 0 Å². The molecule has 15 heavy (non-hydrogen) atoms. The van der Waals surface area contributed by atoms with E-state index in [0.717, 1.165) is 25.4 Å². The lowest BCUT2D eigenvalue weighted by atomic mass is 9.93. The van der Waals surface area contributed by atoms with Gasteiger partial charge in [0.05, 0.1) is 0 Å². The Hall–Kier alpha value is -0.0800. The van der Waals surface area contributed by atoms with Crippen molar-refractivity contribution in [3.05, 3.63) is 0 Å². The van der Waals surface area contributed by atoms with Crippen LogP contribution in [0.4, 0.5) is 0 Å². The van der Waals surface area contributed by atoms with Crippen LogP contribution >= 0.6 is 0 Å². The molecule has 0 fully saturated rings. The molecule has 0 rings (SSSR count). The molecule has 2 N–H and O–H groups in total. The highest BCUT2D eigenvalue weighted by Gasteiger charge is 2.13. The third kappa shape index (κ3) is 10.2. The van der Waals surface area contributed by atoms with E-state index >= 15 is 0 Å². The second-order valence-corrected chi connectivity index (χ2v) is 6.20. The first-order valence-electron chi connectivity index (χ1n) is 6.16. The lowest BCUT2D eigenvalue weighted by Crippen LogP contribution is -2.32. The topological polar surface area (TPSA) is 32.3 Å². The van der Waals surface area contributed by atoms with E-state index in [1.807, 2.05) is 0 Å². The smallest absolute Gasteiger partial charge is 0.0434 e. The molecule has 0 saturated carbocycles. The van der Waals surface area contributed by atoms with Crippen molar-refractivity contribution in [3.63, 3.8) is 0 Å². The number of nitrogens with one attached hydrogen (secondary N) is 1. The van der Waals surface area contributed by atoms with Crippen LogP contribution in [0.1, 0.15) is 47.5 Å². The summed E-state index contributed by atoms with van der Waals surface area (Å²) in [5.41, 5.74) is 0.349. The number of aliphatic hydroxyl groups is 1. The number of hydrogen-bond donors (Lipinski definition) is 2. The Bertz CT molecular complexity index is 149. The van der Waals surface area contributed by atoms with Crippen LogP contribution in [-0.4, -0.2) is 24.8 Å². The Kier molecular flexibility index (Phi) is 7.20. The lowest BCUT2D eigenvalue weighted by Gasteiger charge is -2.23. The van der Waals surface area contributed by atoms with Gasteiger partial charge in [-0.25, -0.2) is 0 Å². The van der Waals surface area contributed by atoms with Gasteiger partial charge in [0, 0.05) is 6.61 Å². The zero-order valence-electron chi connectivity index (χ0n) is 11.1. The Morgan fingerprint density at radius 3 is 2.20 bits per heavy atom. The Morgan fingerprint density at radius 2 is 1.80 bits per heavy atom. The molecule has 92 valence electrons. The molecule has 0 heterocycles. The predicted octanol–water partition coefficient (Wildman–Crippen LogP) is 2.67. The highest BCUT2D eigenvalue weighted by Crippen LogP contribution is 2.15. The molecule has 0 bridgehead atoms. The first kappa shape index (κ1) is 14.9. The lowest BCUT2D eigenvalue weighted by molar-refractivity contribution is 0.235. The van der Waals surface area contributed by atoms with Crippen LogP contribution < -0.4 is 5.32 Å². The summed E-state index contributed by atoms with van der Waals surface area (Å²) in [6.07, 6.45) is 2.13. The van der Waals surface area contributed by atoms with Gasteiger partial charge in [0.15, 0.2) is 0 Å². The SMILES string of the molecule is CC(C)CC(CCO)CNCC(C)(C)C. The molecule has 0 saturated heterocycles. The summed E-state index contributed by atoms with van der Waals surface area (Å²) >= 11 is 0. The molecule has 0 spiro atoms. The van der Waals surface area contributed by atoms with Crippen molar-refractivity contribution >= 4 is 0 Å². The summed E-state index contributed by atoms with van der Waals surface area (Å²) in [4.78, 5) is 0. The fourth-order valence-corrected chi connectivity index (χ4v) is 1.80. The predicted molar refractivity (Wildman–Crippen MR) is 67.0 cm³/mol. The molecule has 0 aromatic heterocycles. The molecular formula is C13H29NO. The average molecular weight is 215 g/mol. The molecule has 2 nitrogen and oxygen atoms in total. The second kappa shape index (κ2) is 7.24. The summed E-state index contributed by atoms with van der Waals surface area (Å²) in [5, 5.41) is 12.5. The van der Waals surface area contributed by atoms with Gasteiger partial charge in [-0.2, -0.15) is 0 Å². The van der Waals surface area contributed by atoms with E-state index in [-0.39, 0.29) is 0 Å². The molecule has 0 aromatic carbocycles. The van der Waals surface area contributed by atoms with Crippen molar-refractivity contribution in [1.82, 2.24) is 5.32 Å². The molecule has 1 atom stereocenters. The molecule has 0 radical (unpaired) electrons. The molecular weight excluding hydrogens is 186 g/mol. The van der Waals surface area contributed by atoms with Crippen molar-refractivity contribution in [2.24, 2.45) is 17.3 Å². The van der Waals surface area contributed by atoms with Gasteiger partial charge < -0.3 is 10.4 Å². The fraction of sp³-hybridized carbons (Fsp3) is 1.00. The van der Waals surface area contributed by atoms with Gasteiger partial charge in [-0.15, -0.1) is 0 Å². The molecule has 0 aliphatic rings. The first-order chi connectivity index (χ1) is 6.85. The average Bonchev–Trinajstić information content (AvgIpc) is 2.00. The minimum Gasteiger partial charge on any atom is -0.396 e. The van der Waals surface area contributed by atoms with Crippen LogP contribution in [0.25, 0.3) is 0 Å². The second-order valence-electron chi connectivity index (χ2n) is 6.20. The summed E-state index contributed by atoms with van der Waals surface area (Å²) in [7, 11) is 0. The van der Waals surface area contributed by atoms with E-state index in [1.165, 1.54) is 6.42 Å². The Morgan fingerprint density at radius 1 is 1.20 bits per heavy atom. The summed E-state index contributed by atoms with van der Waals surface area (Å²) < 4.78 is 0. The molecule has 0 amide bonds. The van der Waals surface area contributed by atoms with Crippen LogP contribution in [0, 0.1) is 17.3 Å². The van der Waals surface area contributed by atoms with E-state index in [9.17, 15) is 0 Å². The maximum absolute atomic E-state index is 8.98. The van der Waals surface area contributed by atoms with Gasteiger partial charge in [-0.1, -0.05) is 34.6 Å². The van der Waals surface area contributed by atoms with Crippen LogP contribution in [0.15, 0.2) is 0 Å². The molecule has 0 aromatic rings. The summed E-state index contributed by atoms with van der Waals surface area (Å²) in [5.74, 6) is 1.34. The third-order valence-electron chi connectivity index (χ3n) is 2.43. The van der Waals surface area contributed by atoms with E-state index in [1.54, 1.807) is 0 Å². The zero-order valence-corrected chi connectivity index (χ0v) is 11.1. The summed E-state index contributed by atoms with van der Waals surface area (Å²) in [6, 6.07) is 0. The first-order valence-corrected chi connectivity index (χ1v) is 6.16. The van der Waals surface area contributed by atoms with E-state index in [2.05, 4.69) is 39.9 Å². The Labute approximate surface area is 95.5 Å². The monoisotopic (exact) mass is 215 g/mol. The van der Waals surface area contributed by atoms with Crippen molar-refractivity contribution in [3.8, 4) is 0 Å². The van der Waals surface area contributed by atoms with Gasteiger partial charge in [-0.05, 0) is 43.2 Å². The van der Waals surface area contributed by atoms with E-state index in [0.29, 0.717) is 17.9 Å². The van der Waals surface area contributed by atoms with Gasteiger partial charge in [0.2, 0.25) is 0 Å². The van der Waals surface area contributed by atoms with Crippen LogP contribution in [0.5, 0.6) is 0 Å². The van der Waals surface area contributed by atoms with Crippen LogP contribution in [0.2, 0.25) is 0 Å². The minimum atomic E-state index is 0.314. The molecule has 0 aliphatic carbocycles. The highest BCUT2D eigenvalue weighted by molar-refractivity contribution is 4.69. The van der Waals surface area contributed by atoms with Crippen LogP contribution in [0.3, 0.4) is 0 Å². The largest absolute Gasteiger partial charge is 0.396 e. The third-order valence-corrected chi connectivity index (χ3v) is 2.43. The molecule has 0 aliphatic heterocycles. The van der Waals surface area contributed by atoms with E-state index < -0.39 is 0 Å². The normalized spacial score (nSPS) is 14.6. The summed E-state index contributed by atoms with van der Waals surface area (Å²) in [6.45, 7) is 13.6. The van der Waals surface area contributed by atoms with Gasteiger partial charge in [0.25, 0.3) is 0 Å². The van der Waals surface area contributed by atoms with Crippen molar-refractivity contribution in [2.45, 2.75) is 47.5 Å².